The normalized spacial score (nSPS) is 20.7. The summed E-state index contributed by atoms with van der Waals surface area (Å²) in [7, 11) is 0. The van der Waals surface area contributed by atoms with Crippen molar-refractivity contribution in [2.24, 2.45) is 5.92 Å². The van der Waals surface area contributed by atoms with Gasteiger partial charge in [0.25, 0.3) is 0 Å². The van der Waals surface area contributed by atoms with Gasteiger partial charge < -0.3 is 10.0 Å². The lowest BCUT2D eigenvalue weighted by atomic mass is 10.1. The minimum absolute atomic E-state index is 0.0402. The van der Waals surface area contributed by atoms with Crippen LogP contribution in [-0.2, 0) is 9.59 Å². The van der Waals surface area contributed by atoms with Crippen molar-refractivity contribution in [2.45, 2.75) is 6.42 Å². The molecule has 0 aromatic heterocycles. The van der Waals surface area contributed by atoms with Crippen molar-refractivity contribution < 1.29 is 14.7 Å². The fourth-order valence-corrected chi connectivity index (χ4v) is 2.18. The standard InChI is InChI=1S/C10H15NO3S/c1-2-4-15-5-3-11-7-8(10(13)14)6-9(11)12/h2,8H,1,3-7H2,(H,13,14). The molecule has 1 aliphatic rings. The summed E-state index contributed by atoms with van der Waals surface area (Å²) < 4.78 is 0. The molecule has 1 amide bonds. The van der Waals surface area contributed by atoms with Crippen molar-refractivity contribution in [3.63, 3.8) is 0 Å². The molecule has 15 heavy (non-hydrogen) atoms. The summed E-state index contributed by atoms with van der Waals surface area (Å²) in [5.74, 6) is 0.280. The SMILES string of the molecule is C=CCSCCN1CC(C(=O)O)CC1=O. The lowest BCUT2D eigenvalue weighted by molar-refractivity contribution is -0.141. The topological polar surface area (TPSA) is 57.6 Å². The smallest absolute Gasteiger partial charge is 0.308 e. The fraction of sp³-hybridized carbons (Fsp3) is 0.600. The Morgan fingerprint density at radius 3 is 3.00 bits per heavy atom. The molecule has 5 heteroatoms. The largest absolute Gasteiger partial charge is 0.481 e. The molecule has 0 aliphatic carbocycles. The second kappa shape index (κ2) is 5.80. The van der Waals surface area contributed by atoms with E-state index in [1.807, 2.05) is 6.08 Å². The average molecular weight is 229 g/mol. The first-order valence-electron chi connectivity index (χ1n) is 4.84. The van der Waals surface area contributed by atoms with Crippen molar-refractivity contribution >= 4 is 23.6 Å². The van der Waals surface area contributed by atoms with Crippen LogP contribution in [0, 0.1) is 5.92 Å². The van der Waals surface area contributed by atoms with E-state index in [1.54, 1.807) is 16.7 Å². The number of aliphatic carboxylic acids is 1. The van der Waals surface area contributed by atoms with Crippen LogP contribution < -0.4 is 0 Å². The number of nitrogens with zero attached hydrogens (tertiary/aromatic N) is 1. The van der Waals surface area contributed by atoms with Crippen LogP contribution in [0.5, 0.6) is 0 Å². The minimum atomic E-state index is -0.871. The second-order valence-corrected chi connectivity index (χ2v) is 4.59. The number of thioether (sulfide) groups is 1. The fourth-order valence-electron chi connectivity index (χ4n) is 1.50. The van der Waals surface area contributed by atoms with Crippen LogP contribution in [0.1, 0.15) is 6.42 Å². The molecule has 84 valence electrons. The highest BCUT2D eigenvalue weighted by molar-refractivity contribution is 7.99. The Labute approximate surface area is 93.3 Å². The van der Waals surface area contributed by atoms with E-state index in [1.165, 1.54) is 0 Å². The maximum atomic E-state index is 11.4. The molecule has 1 aliphatic heterocycles. The second-order valence-electron chi connectivity index (χ2n) is 3.44. The first kappa shape index (κ1) is 12.1. The number of carbonyl (C=O) groups excluding carboxylic acids is 1. The quantitative estimate of drug-likeness (QED) is 0.541. The van der Waals surface area contributed by atoms with Gasteiger partial charge in [-0.2, -0.15) is 11.8 Å². The number of hydrogen-bond donors (Lipinski definition) is 1. The lowest BCUT2D eigenvalue weighted by Gasteiger charge is -2.14. The van der Waals surface area contributed by atoms with E-state index >= 15 is 0 Å². The van der Waals surface area contributed by atoms with Crippen molar-refractivity contribution in [2.75, 3.05) is 24.6 Å². The third-order valence-corrected chi connectivity index (χ3v) is 3.25. The first-order chi connectivity index (χ1) is 7.15. The Morgan fingerprint density at radius 1 is 1.73 bits per heavy atom. The van der Waals surface area contributed by atoms with E-state index in [9.17, 15) is 9.59 Å². The molecule has 0 spiro atoms. The Morgan fingerprint density at radius 2 is 2.47 bits per heavy atom. The Balaban J connectivity index is 2.28. The zero-order chi connectivity index (χ0) is 11.3. The summed E-state index contributed by atoms with van der Waals surface area (Å²) in [5, 5.41) is 8.76. The number of carbonyl (C=O) groups is 2. The van der Waals surface area contributed by atoms with E-state index in [2.05, 4.69) is 6.58 Å². The highest BCUT2D eigenvalue weighted by Crippen LogP contribution is 2.18. The molecule has 1 fully saturated rings. The predicted octanol–water partition coefficient (Wildman–Crippen LogP) is 0.839. The summed E-state index contributed by atoms with van der Waals surface area (Å²) in [5.41, 5.74) is 0. The van der Waals surface area contributed by atoms with Gasteiger partial charge in [-0.3, -0.25) is 9.59 Å². The Hall–Kier alpha value is -0.970. The van der Waals surface area contributed by atoms with E-state index in [0.717, 1.165) is 11.5 Å². The van der Waals surface area contributed by atoms with Crippen molar-refractivity contribution in [1.82, 2.24) is 4.90 Å². The zero-order valence-corrected chi connectivity index (χ0v) is 9.33. The Bertz CT molecular complexity index is 267. The third kappa shape index (κ3) is 3.58. The Kier molecular flexibility index (Phi) is 4.68. The van der Waals surface area contributed by atoms with Gasteiger partial charge in [-0.15, -0.1) is 6.58 Å². The molecule has 1 atom stereocenters. The van der Waals surface area contributed by atoms with E-state index < -0.39 is 11.9 Å². The van der Waals surface area contributed by atoms with Gasteiger partial charge in [0.2, 0.25) is 5.91 Å². The van der Waals surface area contributed by atoms with Gasteiger partial charge in [0.15, 0.2) is 0 Å². The molecule has 0 aromatic carbocycles. The molecule has 1 unspecified atom stereocenters. The predicted molar refractivity (Wildman–Crippen MR) is 59.8 cm³/mol. The third-order valence-electron chi connectivity index (χ3n) is 2.30. The van der Waals surface area contributed by atoms with Crippen LogP contribution in [0.3, 0.4) is 0 Å². The van der Waals surface area contributed by atoms with Gasteiger partial charge >= 0.3 is 5.97 Å². The molecule has 1 saturated heterocycles. The van der Waals surface area contributed by atoms with Crippen molar-refractivity contribution in [3.05, 3.63) is 12.7 Å². The van der Waals surface area contributed by atoms with Crippen LogP contribution in [0.4, 0.5) is 0 Å². The maximum Gasteiger partial charge on any atom is 0.308 e. The van der Waals surface area contributed by atoms with Crippen LogP contribution in [0.25, 0.3) is 0 Å². The van der Waals surface area contributed by atoms with Gasteiger partial charge in [0.1, 0.15) is 0 Å². The van der Waals surface area contributed by atoms with Crippen LogP contribution in [0.2, 0.25) is 0 Å². The number of hydrogen-bond acceptors (Lipinski definition) is 3. The number of carboxylic acid groups (broad SMARTS) is 1. The zero-order valence-electron chi connectivity index (χ0n) is 8.52. The maximum absolute atomic E-state index is 11.4. The van der Waals surface area contributed by atoms with Gasteiger partial charge in [-0.1, -0.05) is 6.08 Å². The molecule has 0 radical (unpaired) electrons. The summed E-state index contributed by atoms with van der Waals surface area (Å²) in [6, 6.07) is 0. The molecule has 1 heterocycles. The van der Waals surface area contributed by atoms with Crippen molar-refractivity contribution in [1.29, 1.82) is 0 Å². The van der Waals surface area contributed by atoms with Gasteiger partial charge in [0, 0.05) is 31.0 Å². The molecule has 0 saturated carbocycles. The number of likely N-dealkylation sites (tertiary alicyclic amines) is 1. The highest BCUT2D eigenvalue weighted by Gasteiger charge is 2.33. The summed E-state index contributed by atoms with van der Waals surface area (Å²) in [6.07, 6.45) is 1.97. The monoisotopic (exact) mass is 229 g/mol. The summed E-state index contributed by atoms with van der Waals surface area (Å²) in [4.78, 5) is 23.7. The molecule has 1 rings (SSSR count). The first-order valence-corrected chi connectivity index (χ1v) is 6.00. The average Bonchev–Trinajstić information content (AvgIpc) is 2.55. The van der Waals surface area contributed by atoms with Crippen LogP contribution in [0.15, 0.2) is 12.7 Å². The minimum Gasteiger partial charge on any atom is -0.481 e. The highest BCUT2D eigenvalue weighted by atomic mass is 32.2. The van der Waals surface area contributed by atoms with Gasteiger partial charge in [0.05, 0.1) is 5.92 Å². The number of rotatable bonds is 6. The van der Waals surface area contributed by atoms with Crippen LogP contribution >= 0.6 is 11.8 Å². The molecular weight excluding hydrogens is 214 g/mol. The number of carboxylic acids is 1. The van der Waals surface area contributed by atoms with E-state index in [4.69, 9.17) is 5.11 Å². The molecule has 1 N–H and O–H groups in total. The molecule has 0 aromatic rings. The molecule has 4 nitrogen and oxygen atoms in total. The van der Waals surface area contributed by atoms with E-state index in [-0.39, 0.29) is 12.3 Å². The summed E-state index contributed by atoms with van der Waals surface area (Å²) >= 11 is 1.69. The van der Waals surface area contributed by atoms with Gasteiger partial charge in [-0.05, 0) is 0 Å². The summed E-state index contributed by atoms with van der Waals surface area (Å²) in [6.45, 7) is 4.61. The molecular formula is C10H15NO3S. The lowest BCUT2D eigenvalue weighted by Crippen LogP contribution is -2.28. The van der Waals surface area contributed by atoms with Crippen LogP contribution in [-0.4, -0.2) is 46.5 Å². The molecule has 0 bridgehead atoms. The number of amides is 1. The van der Waals surface area contributed by atoms with Crippen molar-refractivity contribution in [3.8, 4) is 0 Å². The van der Waals surface area contributed by atoms with E-state index in [0.29, 0.717) is 13.1 Å². The van der Waals surface area contributed by atoms with Gasteiger partial charge in [-0.25, -0.2) is 0 Å².